The number of rotatable bonds is 25. The van der Waals surface area contributed by atoms with Crippen molar-refractivity contribution in [3.05, 3.63) is 190 Å². The first-order valence-corrected chi connectivity index (χ1v) is 34.7. The highest BCUT2D eigenvalue weighted by atomic mass is 19.4. The van der Waals surface area contributed by atoms with Crippen LogP contribution in [0, 0.1) is 5.82 Å². The minimum atomic E-state index is -5.11. The van der Waals surface area contributed by atoms with Crippen LogP contribution in [0.5, 0.6) is 0 Å². The largest absolute Gasteiger partial charge is 0.446 e. The lowest BCUT2D eigenvalue weighted by Crippen LogP contribution is -2.54. The number of carbonyl (C=O) groups excluding carboxylic acids is 5. The zero-order chi connectivity index (χ0) is 71.6. The number of para-hydroxylation sites is 1. The van der Waals surface area contributed by atoms with E-state index in [0.717, 1.165) is 107 Å². The van der Waals surface area contributed by atoms with Crippen molar-refractivity contribution in [2.24, 2.45) is 0 Å². The van der Waals surface area contributed by atoms with Gasteiger partial charge in [-0.05, 0) is 161 Å². The molecule has 3 fully saturated rings. The number of hydrogen-bond donors (Lipinski definition) is 2. The Labute approximate surface area is 582 Å². The van der Waals surface area contributed by atoms with E-state index in [9.17, 15) is 54.7 Å². The number of morpholine rings is 1. The summed E-state index contributed by atoms with van der Waals surface area (Å²) < 4.78 is 114. The summed E-state index contributed by atoms with van der Waals surface area (Å²) in [6, 6.07) is 40.0. The molecule has 538 valence electrons. The third-order valence-corrected chi connectivity index (χ3v) is 19.8. The van der Waals surface area contributed by atoms with Crippen molar-refractivity contribution in [3.8, 4) is 11.1 Å². The van der Waals surface area contributed by atoms with E-state index < -0.39 is 52.5 Å². The fourth-order valence-electron chi connectivity index (χ4n) is 13.8. The SMILES string of the molecule is CCCN(C)C(=O)c1ccc(NCCCCCC(=O)N(C)CCN2CCC(OC(=O)Nc3ccccc3-c3ccccc3)CC2)cc1.CCN(C)C(=O)CO[C@H]1Cc2ccccc2C12CCN(CC[C@@]1(c3ccc(F)cc3)CN(C(=O)c3cc(C(F)(F)F)cc(C(F)(F)F)c3)CCO1)CC2. The Balaban J connectivity index is 0.000000235. The van der Waals surface area contributed by atoms with Gasteiger partial charge >= 0.3 is 18.4 Å². The lowest BCUT2D eigenvalue weighted by molar-refractivity contribution is -0.143. The minimum Gasteiger partial charge on any atom is -0.446 e. The summed E-state index contributed by atoms with van der Waals surface area (Å²) in [5.74, 6) is -1.36. The molecule has 5 amide bonds. The highest BCUT2D eigenvalue weighted by Gasteiger charge is 2.50. The fourth-order valence-corrected chi connectivity index (χ4v) is 13.8. The molecule has 16 nitrogen and oxygen atoms in total. The van der Waals surface area contributed by atoms with Crippen molar-refractivity contribution in [2.75, 3.05) is 124 Å². The van der Waals surface area contributed by atoms with Crippen LogP contribution in [0.2, 0.25) is 0 Å². The van der Waals surface area contributed by atoms with Crippen molar-refractivity contribution < 1.29 is 68.9 Å². The molecule has 0 bridgehead atoms. The van der Waals surface area contributed by atoms with Crippen LogP contribution in [-0.2, 0) is 53.6 Å². The Morgan fingerprint density at radius 2 is 1.31 bits per heavy atom. The molecule has 0 saturated carbocycles. The van der Waals surface area contributed by atoms with Crippen molar-refractivity contribution in [2.45, 2.75) is 120 Å². The monoisotopic (exact) mass is 1390 g/mol. The maximum atomic E-state index is 14.1. The Hall–Kier alpha value is -8.38. The smallest absolute Gasteiger partial charge is 0.416 e. The first-order valence-electron chi connectivity index (χ1n) is 34.7. The first-order chi connectivity index (χ1) is 47.9. The second kappa shape index (κ2) is 34.8. The molecule has 2 atom stereocenters. The molecule has 3 heterocycles. The minimum absolute atomic E-state index is 0.00918. The standard InChI is InChI=1S/C39H42F7N3O4.C38H51N5O4/c1-3-47(2)34(50)24-52-33-22-26-6-4-5-7-32(26)36(33)12-15-48(16-13-36)17-14-37(28-8-10-31(40)11-9-28)25-49(18-19-53-37)35(51)27-20-29(38(41,42)43)23-30(21-27)39(44,45)46;1-4-25-42(3)37(45)31-18-20-32(21-19-31)39-24-12-6-9-17-36(44)41(2)28-29-43-26-22-33(23-27-43)47-38(46)40-35-16-11-10-15-34(35)30-13-7-5-8-14-30/h4-11,20-21,23,33H,3,12-19,22,24-25H2,1-2H3;5,7-8,10-11,13-16,18-21,33,39H,4,6,9,12,17,22-29H2,1-3H3,(H,40,46)/t33-,37-;/m0./s1. The molecule has 10 rings (SSSR count). The molecule has 0 aromatic heterocycles. The Kier molecular flexibility index (Phi) is 26.4. The van der Waals surface area contributed by atoms with Crippen molar-refractivity contribution in [3.63, 3.8) is 0 Å². The molecular weight excluding hydrogens is 1300 g/mol. The second-order valence-electron chi connectivity index (χ2n) is 26.5. The number of fused-ring (bicyclic) bond motifs is 2. The maximum absolute atomic E-state index is 14.1. The number of hydrogen-bond acceptors (Lipinski definition) is 11. The number of benzene rings is 6. The molecule has 0 radical (unpaired) electrons. The Morgan fingerprint density at radius 3 is 1.98 bits per heavy atom. The number of halogens is 7. The lowest BCUT2D eigenvalue weighted by Gasteiger charge is -2.46. The van der Waals surface area contributed by atoms with Crippen LogP contribution in [-0.4, -0.2) is 184 Å². The number of alkyl halides is 6. The predicted molar refractivity (Wildman–Crippen MR) is 371 cm³/mol. The molecule has 1 spiro atoms. The molecular formula is C77H93F7N8O8. The highest BCUT2D eigenvalue weighted by molar-refractivity contribution is 5.95. The Bertz CT molecular complexity index is 3650. The normalized spacial score (nSPS) is 17.9. The number of nitrogens with zero attached hydrogens (tertiary/aromatic N) is 6. The van der Waals surface area contributed by atoms with Gasteiger partial charge in [0.05, 0.1) is 36.1 Å². The summed E-state index contributed by atoms with van der Waals surface area (Å²) in [4.78, 5) is 75.1. The number of ether oxygens (including phenoxy) is 3. The zero-order valence-electron chi connectivity index (χ0n) is 57.8. The number of nitrogens with one attached hydrogen (secondary N) is 2. The highest BCUT2D eigenvalue weighted by Crippen LogP contribution is 2.48. The molecule has 2 N–H and O–H groups in total. The molecule has 6 aromatic carbocycles. The molecule has 3 saturated heterocycles. The van der Waals surface area contributed by atoms with Gasteiger partial charge in [0.15, 0.2) is 0 Å². The Morgan fingerprint density at radius 1 is 0.660 bits per heavy atom. The van der Waals surface area contributed by atoms with Gasteiger partial charge in [0.25, 0.3) is 11.8 Å². The molecule has 3 aliphatic heterocycles. The summed E-state index contributed by atoms with van der Waals surface area (Å²) in [7, 11) is 5.45. The molecule has 4 aliphatic rings. The number of piperidine rings is 2. The number of carbonyl (C=O) groups is 5. The van der Waals surface area contributed by atoms with Crippen molar-refractivity contribution in [1.29, 1.82) is 0 Å². The van der Waals surface area contributed by atoms with Crippen LogP contribution in [0.15, 0.2) is 146 Å². The van der Waals surface area contributed by atoms with E-state index >= 15 is 0 Å². The van der Waals surface area contributed by atoms with Crippen LogP contribution in [0.3, 0.4) is 0 Å². The summed E-state index contributed by atoms with van der Waals surface area (Å²) in [5, 5.41) is 6.34. The molecule has 100 heavy (non-hydrogen) atoms. The van der Waals surface area contributed by atoms with Gasteiger partial charge in [-0.1, -0.05) is 98.3 Å². The maximum Gasteiger partial charge on any atom is 0.416 e. The quantitative estimate of drug-likeness (QED) is 0.0415. The molecule has 23 heteroatoms. The van der Waals surface area contributed by atoms with Crippen LogP contribution in [0.25, 0.3) is 11.1 Å². The van der Waals surface area contributed by atoms with Crippen molar-refractivity contribution >= 4 is 41.1 Å². The van der Waals surface area contributed by atoms with E-state index in [1.807, 2.05) is 117 Å². The third-order valence-electron chi connectivity index (χ3n) is 19.8. The molecule has 1 aliphatic carbocycles. The average molecular weight is 1390 g/mol. The summed E-state index contributed by atoms with van der Waals surface area (Å²) in [5.41, 5.74) is 1.98. The van der Waals surface area contributed by atoms with E-state index in [1.54, 1.807) is 16.8 Å². The lowest BCUT2D eigenvalue weighted by atomic mass is 9.72. The van der Waals surface area contributed by atoms with Gasteiger partial charge in [-0.2, -0.15) is 26.3 Å². The van der Waals surface area contributed by atoms with Gasteiger partial charge in [0.2, 0.25) is 11.8 Å². The summed E-state index contributed by atoms with van der Waals surface area (Å²) in [6.07, 6.45) is -2.59. The van der Waals surface area contributed by atoms with Gasteiger partial charge in [-0.3, -0.25) is 24.5 Å². The van der Waals surface area contributed by atoms with Crippen LogP contribution in [0.1, 0.15) is 127 Å². The van der Waals surface area contributed by atoms with Crippen LogP contribution >= 0.6 is 0 Å². The van der Waals surface area contributed by atoms with E-state index in [-0.39, 0.29) is 67.7 Å². The van der Waals surface area contributed by atoms with E-state index in [4.69, 9.17) is 14.2 Å². The predicted octanol–water partition coefficient (Wildman–Crippen LogP) is 14.1. The van der Waals surface area contributed by atoms with Crippen LogP contribution < -0.4 is 10.6 Å². The van der Waals surface area contributed by atoms with E-state index in [0.29, 0.717) is 75.2 Å². The van der Waals surface area contributed by atoms with Crippen LogP contribution in [0.4, 0.5) is 46.9 Å². The molecule has 0 unspecified atom stereocenters. The van der Waals surface area contributed by atoms with Gasteiger partial charge in [-0.15, -0.1) is 0 Å². The van der Waals surface area contributed by atoms with Gasteiger partial charge in [-0.25, -0.2) is 9.18 Å². The van der Waals surface area contributed by atoms with Gasteiger partial charge < -0.3 is 48.9 Å². The number of unbranched alkanes of at least 4 members (excludes halogenated alkanes) is 2. The molecule has 6 aromatic rings. The second-order valence-corrected chi connectivity index (χ2v) is 26.5. The van der Waals surface area contributed by atoms with E-state index in [1.165, 1.54) is 40.3 Å². The number of likely N-dealkylation sites (tertiary alicyclic amines) is 2. The zero-order valence-corrected chi connectivity index (χ0v) is 57.8. The van der Waals surface area contributed by atoms with Gasteiger partial charge in [0, 0.05) is 114 Å². The number of amides is 5. The first kappa shape index (κ1) is 75.8. The summed E-state index contributed by atoms with van der Waals surface area (Å²) in [6.45, 7) is 10.8. The van der Waals surface area contributed by atoms with Crippen molar-refractivity contribution in [1.82, 2.24) is 29.4 Å². The third kappa shape index (κ3) is 20.0. The number of anilines is 2. The number of likely N-dealkylation sites (N-methyl/N-ethyl adjacent to an activating group) is 2. The summed E-state index contributed by atoms with van der Waals surface area (Å²) >= 11 is 0. The fraction of sp³-hybridized carbons (Fsp3) is 0.468. The van der Waals surface area contributed by atoms with E-state index in [2.05, 4.69) is 39.5 Å². The average Bonchev–Trinajstić information content (AvgIpc) is 1.57. The van der Waals surface area contributed by atoms with Gasteiger partial charge in [0.1, 0.15) is 24.1 Å². The topological polar surface area (TPSA) is 157 Å².